The molecule has 2 nitrogen and oxygen atoms in total. The summed E-state index contributed by atoms with van der Waals surface area (Å²) in [5.41, 5.74) is 4.97. The third-order valence-electron chi connectivity index (χ3n) is 3.23. The van der Waals surface area contributed by atoms with Gasteiger partial charge in [-0.2, -0.15) is 0 Å². The number of hydrogen-bond acceptors (Lipinski definition) is 2. The summed E-state index contributed by atoms with van der Waals surface area (Å²) in [7, 11) is 1.98. The van der Waals surface area contributed by atoms with Gasteiger partial charge in [0.25, 0.3) is 0 Å². The predicted octanol–water partition coefficient (Wildman–Crippen LogP) is 4.28. The summed E-state index contributed by atoms with van der Waals surface area (Å²) < 4.78 is 6.57. The molecule has 1 unspecified atom stereocenters. The number of rotatable bonds is 3. The number of hydrogen-bond donors (Lipinski definition) is 1. The standard InChI is InChI=1S/C15H18BrNO/c1-9-6-14(16)10(2)5-13(9)15(17-4)12-7-11(3)18-8-12/h5-8,15,17H,1-4H3. The summed E-state index contributed by atoms with van der Waals surface area (Å²) in [6.07, 6.45) is 1.83. The fraction of sp³-hybridized carbons (Fsp3) is 0.333. The summed E-state index contributed by atoms with van der Waals surface area (Å²) in [6, 6.07) is 6.65. The highest BCUT2D eigenvalue weighted by Gasteiger charge is 2.17. The van der Waals surface area contributed by atoms with Crippen molar-refractivity contribution in [3.63, 3.8) is 0 Å². The molecule has 0 aliphatic heterocycles. The van der Waals surface area contributed by atoms with E-state index in [4.69, 9.17) is 4.42 Å². The molecule has 0 bridgehead atoms. The van der Waals surface area contributed by atoms with Gasteiger partial charge in [-0.1, -0.05) is 22.0 Å². The molecule has 0 amide bonds. The van der Waals surface area contributed by atoms with Crippen molar-refractivity contribution in [1.82, 2.24) is 5.32 Å². The van der Waals surface area contributed by atoms with Gasteiger partial charge in [-0.05, 0) is 56.6 Å². The van der Waals surface area contributed by atoms with Gasteiger partial charge in [-0.15, -0.1) is 0 Å². The van der Waals surface area contributed by atoms with Crippen molar-refractivity contribution < 1.29 is 4.42 Å². The summed E-state index contributed by atoms with van der Waals surface area (Å²) in [4.78, 5) is 0. The Bertz CT molecular complexity index is 560. The van der Waals surface area contributed by atoms with Crippen LogP contribution in [0, 0.1) is 20.8 Å². The van der Waals surface area contributed by atoms with Crippen molar-refractivity contribution >= 4 is 15.9 Å². The van der Waals surface area contributed by atoms with Crippen LogP contribution < -0.4 is 5.32 Å². The second-order valence-corrected chi connectivity index (χ2v) is 5.52. The van der Waals surface area contributed by atoms with Gasteiger partial charge < -0.3 is 9.73 Å². The van der Waals surface area contributed by atoms with Gasteiger partial charge >= 0.3 is 0 Å². The van der Waals surface area contributed by atoms with Crippen LogP contribution in [0.5, 0.6) is 0 Å². The minimum Gasteiger partial charge on any atom is -0.469 e. The molecular formula is C15H18BrNO. The van der Waals surface area contributed by atoms with Crippen molar-refractivity contribution in [2.45, 2.75) is 26.8 Å². The van der Waals surface area contributed by atoms with Gasteiger partial charge in [-0.25, -0.2) is 0 Å². The molecule has 1 heterocycles. The van der Waals surface area contributed by atoms with Crippen LogP contribution in [0.25, 0.3) is 0 Å². The zero-order chi connectivity index (χ0) is 13.3. The average Bonchev–Trinajstić information content (AvgIpc) is 2.73. The van der Waals surface area contributed by atoms with E-state index in [2.05, 4.69) is 53.3 Å². The molecule has 0 aliphatic rings. The largest absolute Gasteiger partial charge is 0.469 e. The monoisotopic (exact) mass is 307 g/mol. The lowest BCUT2D eigenvalue weighted by Gasteiger charge is -2.19. The van der Waals surface area contributed by atoms with Crippen LogP contribution >= 0.6 is 15.9 Å². The van der Waals surface area contributed by atoms with Gasteiger partial charge in [-0.3, -0.25) is 0 Å². The average molecular weight is 308 g/mol. The molecule has 0 radical (unpaired) electrons. The second-order valence-electron chi connectivity index (χ2n) is 4.67. The van der Waals surface area contributed by atoms with Crippen molar-refractivity contribution in [1.29, 1.82) is 0 Å². The maximum Gasteiger partial charge on any atom is 0.101 e. The molecule has 0 fully saturated rings. The normalized spacial score (nSPS) is 12.7. The van der Waals surface area contributed by atoms with Crippen LogP contribution in [0.3, 0.4) is 0 Å². The number of aryl methyl sites for hydroxylation is 3. The Morgan fingerprint density at radius 3 is 2.39 bits per heavy atom. The van der Waals surface area contributed by atoms with Crippen molar-refractivity contribution in [3.8, 4) is 0 Å². The first-order chi connectivity index (χ1) is 8.52. The molecule has 0 saturated carbocycles. The molecule has 1 atom stereocenters. The van der Waals surface area contributed by atoms with Crippen LogP contribution in [0.1, 0.15) is 34.1 Å². The fourth-order valence-corrected chi connectivity index (χ4v) is 2.69. The third kappa shape index (κ3) is 2.52. The first kappa shape index (κ1) is 13.4. The topological polar surface area (TPSA) is 25.2 Å². The van der Waals surface area contributed by atoms with E-state index in [0.717, 1.165) is 10.2 Å². The molecule has 0 saturated heterocycles. The first-order valence-electron chi connectivity index (χ1n) is 6.02. The lowest BCUT2D eigenvalue weighted by molar-refractivity contribution is 0.527. The summed E-state index contributed by atoms with van der Waals surface area (Å²) in [5.74, 6) is 0.941. The Labute approximate surface area is 117 Å². The molecule has 96 valence electrons. The highest BCUT2D eigenvalue weighted by molar-refractivity contribution is 9.10. The van der Waals surface area contributed by atoms with Crippen LogP contribution in [0.4, 0.5) is 0 Å². The van der Waals surface area contributed by atoms with Crippen molar-refractivity contribution in [3.05, 3.63) is 56.9 Å². The minimum absolute atomic E-state index is 0.175. The molecule has 0 spiro atoms. The molecule has 0 aliphatic carbocycles. The number of halogens is 1. The van der Waals surface area contributed by atoms with E-state index in [1.54, 1.807) is 0 Å². The van der Waals surface area contributed by atoms with Gasteiger partial charge in [0, 0.05) is 10.0 Å². The Hall–Kier alpha value is -1.06. The first-order valence-corrected chi connectivity index (χ1v) is 6.81. The Kier molecular flexibility index (Phi) is 3.93. The van der Waals surface area contributed by atoms with Crippen LogP contribution in [-0.2, 0) is 0 Å². The Morgan fingerprint density at radius 1 is 1.11 bits per heavy atom. The zero-order valence-electron chi connectivity index (χ0n) is 11.2. The maximum atomic E-state index is 5.41. The highest BCUT2D eigenvalue weighted by atomic mass is 79.9. The smallest absolute Gasteiger partial charge is 0.101 e. The van der Waals surface area contributed by atoms with Gasteiger partial charge in [0.05, 0.1) is 12.3 Å². The number of benzene rings is 1. The van der Waals surface area contributed by atoms with Gasteiger partial charge in [0.2, 0.25) is 0 Å². The number of nitrogens with one attached hydrogen (secondary N) is 1. The van der Waals surface area contributed by atoms with E-state index in [0.29, 0.717) is 0 Å². The van der Waals surface area contributed by atoms with E-state index in [1.165, 1.54) is 22.3 Å². The molecule has 3 heteroatoms. The van der Waals surface area contributed by atoms with Crippen LogP contribution in [0.15, 0.2) is 33.4 Å². The Morgan fingerprint density at radius 2 is 1.83 bits per heavy atom. The van der Waals surface area contributed by atoms with Crippen molar-refractivity contribution in [2.24, 2.45) is 0 Å². The summed E-state index contributed by atoms with van der Waals surface area (Å²) in [6.45, 7) is 6.22. The lowest BCUT2D eigenvalue weighted by atomic mass is 9.95. The third-order valence-corrected chi connectivity index (χ3v) is 4.09. The molecule has 1 aromatic carbocycles. The predicted molar refractivity (Wildman–Crippen MR) is 78.0 cm³/mol. The van der Waals surface area contributed by atoms with E-state index >= 15 is 0 Å². The van der Waals surface area contributed by atoms with E-state index in [9.17, 15) is 0 Å². The fourth-order valence-electron chi connectivity index (χ4n) is 2.23. The van der Waals surface area contributed by atoms with Gasteiger partial charge in [0.15, 0.2) is 0 Å². The molecule has 18 heavy (non-hydrogen) atoms. The second kappa shape index (κ2) is 5.29. The Balaban J connectivity index is 2.48. The van der Waals surface area contributed by atoms with E-state index < -0.39 is 0 Å². The lowest BCUT2D eigenvalue weighted by Crippen LogP contribution is -2.18. The number of furan rings is 1. The van der Waals surface area contributed by atoms with Crippen molar-refractivity contribution in [2.75, 3.05) is 7.05 Å². The summed E-state index contributed by atoms with van der Waals surface area (Å²) >= 11 is 3.57. The molecule has 2 aromatic rings. The minimum atomic E-state index is 0.175. The quantitative estimate of drug-likeness (QED) is 0.915. The van der Waals surface area contributed by atoms with Crippen LogP contribution in [-0.4, -0.2) is 7.05 Å². The molecule has 2 rings (SSSR count). The highest BCUT2D eigenvalue weighted by Crippen LogP contribution is 2.29. The zero-order valence-corrected chi connectivity index (χ0v) is 12.8. The molecule has 1 N–H and O–H groups in total. The van der Waals surface area contributed by atoms with Crippen LogP contribution in [0.2, 0.25) is 0 Å². The van der Waals surface area contributed by atoms with E-state index in [-0.39, 0.29) is 6.04 Å². The van der Waals surface area contributed by atoms with Gasteiger partial charge in [0.1, 0.15) is 5.76 Å². The van der Waals surface area contributed by atoms with E-state index in [1.807, 2.05) is 20.2 Å². The maximum absolute atomic E-state index is 5.41. The molecule has 1 aromatic heterocycles. The molecular weight excluding hydrogens is 290 g/mol. The SMILES string of the molecule is CNC(c1coc(C)c1)c1cc(C)c(Br)cc1C. The summed E-state index contributed by atoms with van der Waals surface area (Å²) in [5, 5.41) is 3.36.